The van der Waals surface area contributed by atoms with E-state index in [1.54, 1.807) is 12.1 Å². The number of carbonyl (C=O) groups excluding carboxylic acids is 2. The molecule has 1 heterocycles. The Balaban J connectivity index is 2.42. The third-order valence-corrected chi connectivity index (χ3v) is 8.26. The number of carbonyl (C=O) groups is 2. The SMILES string of the molecule is COCn1cc(C(=O)OC)cc1C(C(OC(C)=O)c1cc(OC)c(OC)c(OC)c1)S(=O)(=O)c1ccc(C)cc1. The summed E-state index contributed by atoms with van der Waals surface area (Å²) in [5.74, 6) is -0.699. The number of methoxy groups -OCH3 is 5. The molecule has 40 heavy (non-hydrogen) atoms. The van der Waals surface area contributed by atoms with Gasteiger partial charge in [0.2, 0.25) is 5.75 Å². The monoisotopic (exact) mass is 575 g/mol. The number of sulfone groups is 1. The molecule has 2 aromatic carbocycles. The van der Waals surface area contributed by atoms with Gasteiger partial charge < -0.3 is 33.0 Å². The number of aryl methyl sites for hydroxylation is 1. The van der Waals surface area contributed by atoms with Crippen LogP contribution in [0.3, 0.4) is 0 Å². The van der Waals surface area contributed by atoms with Crippen LogP contribution in [0.15, 0.2) is 53.6 Å². The molecule has 3 aromatic rings. The highest BCUT2D eigenvalue weighted by Crippen LogP contribution is 2.47. The highest BCUT2D eigenvalue weighted by Gasteiger charge is 2.42. The van der Waals surface area contributed by atoms with Crippen LogP contribution in [0.2, 0.25) is 0 Å². The number of hydrogen-bond acceptors (Lipinski definition) is 10. The third-order valence-electron chi connectivity index (χ3n) is 6.18. The molecule has 12 heteroatoms. The summed E-state index contributed by atoms with van der Waals surface area (Å²) in [6, 6.07) is 10.7. The molecule has 11 nitrogen and oxygen atoms in total. The summed E-state index contributed by atoms with van der Waals surface area (Å²) in [5.41, 5.74) is 1.32. The first-order valence-corrected chi connectivity index (χ1v) is 13.6. The summed E-state index contributed by atoms with van der Waals surface area (Å²) in [5, 5.41) is -1.55. The fourth-order valence-corrected chi connectivity index (χ4v) is 6.22. The van der Waals surface area contributed by atoms with E-state index in [0.29, 0.717) is 0 Å². The molecule has 2 atom stereocenters. The zero-order valence-corrected chi connectivity index (χ0v) is 24.2. The second kappa shape index (κ2) is 12.9. The third kappa shape index (κ3) is 6.23. The van der Waals surface area contributed by atoms with Gasteiger partial charge in [0, 0.05) is 31.5 Å². The Morgan fingerprint density at radius 1 is 0.900 bits per heavy atom. The molecule has 0 aliphatic rings. The number of nitrogens with zero attached hydrogens (tertiary/aromatic N) is 1. The van der Waals surface area contributed by atoms with Crippen LogP contribution in [0, 0.1) is 6.92 Å². The Kier molecular flexibility index (Phi) is 9.83. The van der Waals surface area contributed by atoms with Crippen LogP contribution in [0.5, 0.6) is 17.2 Å². The van der Waals surface area contributed by atoms with Crippen molar-refractivity contribution in [3.63, 3.8) is 0 Å². The number of benzene rings is 2. The first-order valence-electron chi connectivity index (χ1n) is 12.1. The van der Waals surface area contributed by atoms with E-state index >= 15 is 0 Å². The Bertz CT molecular complexity index is 1440. The maximum atomic E-state index is 14.4. The van der Waals surface area contributed by atoms with Crippen LogP contribution in [0.4, 0.5) is 0 Å². The summed E-state index contributed by atoms with van der Waals surface area (Å²) in [7, 11) is 2.60. The van der Waals surface area contributed by atoms with Gasteiger partial charge >= 0.3 is 11.9 Å². The van der Waals surface area contributed by atoms with Gasteiger partial charge in [-0.25, -0.2) is 13.2 Å². The lowest BCUT2D eigenvalue weighted by atomic mass is 10.0. The van der Waals surface area contributed by atoms with E-state index in [1.807, 2.05) is 6.92 Å². The van der Waals surface area contributed by atoms with E-state index in [9.17, 15) is 18.0 Å². The maximum absolute atomic E-state index is 14.4. The molecule has 0 spiro atoms. The van der Waals surface area contributed by atoms with Gasteiger partial charge in [-0.05, 0) is 37.3 Å². The van der Waals surface area contributed by atoms with Crippen molar-refractivity contribution in [3.8, 4) is 17.2 Å². The molecular weight excluding hydrogens is 542 g/mol. The Morgan fingerprint density at radius 3 is 1.98 bits per heavy atom. The molecule has 216 valence electrons. The number of rotatable bonds is 12. The molecular formula is C28H33NO10S. The van der Waals surface area contributed by atoms with Gasteiger partial charge in [0.15, 0.2) is 21.3 Å². The van der Waals surface area contributed by atoms with Gasteiger partial charge in [-0.3, -0.25) is 4.79 Å². The largest absolute Gasteiger partial charge is 0.493 e. The zero-order chi connectivity index (χ0) is 29.6. The fourth-order valence-electron chi connectivity index (χ4n) is 4.35. The van der Waals surface area contributed by atoms with E-state index in [1.165, 1.54) is 83.6 Å². The summed E-state index contributed by atoms with van der Waals surface area (Å²) in [6.45, 7) is 2.90. The van der Waals surface area contributed by atoms with Crippen LogP contribution < -0.4 is 14.2 Å². The highest BCUT2D eigenvalue weighted by molar-refractivity contribution is 7.91. The van der Waals surface area contributed by atoms with Crippen molar-refractivity contribution in [1.29, 1.82) is 0 Å². The van der Waals surface area contributed by atoms with Gasteiger partial charge in [-0.2, -0.15) is 0 Å². The van der Waals surface area contributed by atoms with E-state index in [-0.39, 0.29) is 45.7 Å². The average molecular weight is 576 g/mol. The summed E-state index contributed by atoms with van der Waals surface area (Å²) >= 11 is 0. The lowest BCUT2D eigenvalue weighted by molar-refractivity contribution is -0.147. The minimum atomic E-state index is -4.30. The van der Waals surface area contributed by atoms with Gasteiger partial charge in [0.1, 0.15) is 18.1 Å². The molecule has 0 aliphatic heterocycles. The normalized spacial score (nSPS) is 12.8. The van der Waals surface area contributed by atoms with Gasteiger partial charge in [0.25, 0.3) is 0 Å². The molecule has 1 aromatic heterocycles. The minimum Gasteiger partial charge on any atom is -0.493 e. The first-order chi connectivity index (χ1) is 19.0. The van der Waals surface area contributed by atoms with Crippen LogP contribution in [-0.4, -0.2) is 60.5 Å². The Hall–Kier alpha value is -4.03. The molecule has 0 N–H and O–H groups in total. The topological polar surface area (TPSA) is 129 Å². The van der Waals surface area contributed by atoms with E-state index < -0.39 is 33.1 Å². The van der Waals surface area contributed by atoms with E-state index in [4.69, 9.17) is 28.4 Å². The zero-order valence-electron chi connectivity index (χ0n) is 23.4. The summed E-state index contributed by atoms with van der Waals surface area (Å²) < 4.78 is 62.6. The van der Waals surface area contributed by atoms with Crippen molar-refractivity contribution in [1.82, 2.24) is 4.57 Å². The minimum absolute atomic E-state index is 0.0162. The second-order valence-electron chi connectivity index (χ2n) is 8.80. The number of aromatic nitrogens is 1. The standard InChI is InChI=1S/C28H33NO10S/c1-17-8-10-21(11-9-17)40(32,33)27(22-12-20(28(31)38-7)15-29(22)16-34-3)25(39-18(2)30)19-13-23(35-4)26(37-6)24(14-19)36-5/h8-15,25,27H,16H2,1-7H3. The molecule has 0 saturated carbocycles. The molecule has 0 aliphatic carbocycles. The first kappa shape index (κ1) is 30.5. The molecule has 0 saturated heterocycles. The Labute approximate surface area is 233 Å². The molecule has 0 fully saturated rings. The van der Waals surface area contributed by atoms with Crippen LogP contribution in [-0.2, 0) is 35.6 Å². The van der Waals surface area contributed by atoms with Crippen molar-refractivity contribution in [2.24, 2.45) is 0 Å². The molecule has 2 unspecified atom stereocenters. The smallest absolute Gasteiger partial charge is 0.339 e. The summed E-state index contributed by atoms with van der Waals surface area (Å²) in [4.78, 5) is 24.9. The molecule has 0 amide bonds. The van der Waals surface area contributed by atoms with Crippen LogP contribution >= 0.6 is 0 Å². The lowest BCUT2D eigenvalue weighted by Gasteiger charge is -2.29. The summed E-state index contributed by atoms with van der Waals surface area (Å²) in [6.07, 6.45) is -0.00368. The lowest BCUT2D eigenvalue weighted by Crippen LogP contribution is -2.27. The van der Waals surface area contributed by atoms with Crippen LogP contribution in [0.1, 0.15) is 45.5 Å². The number of hydrogen-bond donors (Lipinski definition) is 0. The maximum Gasteiger partial charge on any atom is 0.339 e. The van der Waals surface area contributed by atoms with E-state index in [2.05, 4.69) is 0 Å². The number of ether oxygens (including phenoxy) is 6. The van der Waals surface area contributed by atoms with Gasteiger partial charge in [-0.15, -0.1) is 0 Å². The molecule has 3 rings (SSSR count). The van der Waals surface area contributed by atoms with Gasteiger partial charge in [0.05, 0.1) is 38.9 Å². The van der Waals surface area contributed by atoms with Crippen molar-refractivity contribution >= 4 is 21.8 Å². The van der Waals surface area contributed by atoms with Crippen molar-refractivity contribution < 1.29 is 46.4 Å². The van der Waals surface area contributed by atoms with E-state index in [0.717, 1.165) is 5.56 Å². The van der Waals surface area contributed by atoms with Crippen LogP contribution in [0.25, 0.3) is 0 Å². The average Bonchev–Trinajstić information content (AvgIpc) is 3.34. The fraction of sp³-hybridized carbons (Fsp3) is 0.357. The molecule has 0 radical (unpaired) electrons. The predicted molar refractivity (Wildman–Crippen MR) is 144 cm³/mol. The van der Waals surface area contributed by atoms with Crippen molar-refractivity contribution in [2.75, 3.05) is 35.5 Å². The molecule has 0 bridgehead atoms. The van der Waals surface area contributed by atoms with Crippen molar-refractivity contribution in [2.45, 2.75) is 36.8 Å². The Morgan fingerprint density at radius 2 is 1.50 bits per heavy atom. The highest BCUT2D eigenvalue weighted by atomic mass is 32.2. The second-order valence-corrected chi connectivity index (χ2v) is 10.9. The van der Waals surface area contributed by atoms with Gasteiger partial charge in [-0.1, -0.05) is 17.7 Å². The quantitative estimate of drug-likeness (QED) is 0.292. The van der Waals surface area contributed by atoms with Crippen molar-refractivity contribution in [3.05, 3.63) is 71.0 Å². The predicted octanol–water partition coefficient (Wildman–Crippen LogP) is 4.03. The number of esters is 2.